The fourth-order valence-electron chi connectivity index (χ4n) is 1.19. The molecule has 2 nitrogen and oxygen atoms in total. The molecule has 2 atom stereocenters. The minimum atomic E-state index is 0. The number of hydrogen-bond acceptors (Lipinski definition) is 2. The molecule has 3 heteroatoms. The van der Waals surface area contributed by atoms with E-state index in [0.717, 1.165) is 12.8 Å². The summed E-state index contributed by atoms with van der Waals surface area (Å²) in [6, 6.07) is 0.562. The summed E-state index contributed by atoms with van der Waals surface area (Å²) in [4.78, 5) is 0. The first kappa shape index (κ1) is 9.21. The van der Waals surface area contributed by atoms with Gasteiger partial charge in [-0.05, 0) is 12.8 Å². The van der Waals surface area contributed by atoms with Crippen molar-refractivity contribution in [1.82, 2.24) is 0 Å². The Hall–Kier alpha value is 0.210. The zero-order valence-corrected chi connectivity index (χ0v) is 6.36. The first-order valence-electron chi connectivity index (χ1n) is 3.32. The lowest BCUT2D eigenvalue weighted by Crippen LogP contribution is -2.43. The molecule has 0 unspecified atom stereocenters. The highest BCUT2D eigenvalue weighted by molar-refractivity contribution is 5.85. The van der Waals surface area contributed by atoms with Gasteiger partial charge >= 0.3 is 0 Å². The highest BCUT2D eigenvalue weighted by atomic mass is 35.5. The zero-order valence-electron chi connectivity index (χ0n) is 5.55. The predicted molar refractivity (Wildman–Crippen MR) is 41.7 cm³/mol. The Kier molecular flexibility index (Phi) is 4.19. The van der Waals surface area contributed by atoms with Crippen LogP contribution in [0.5, 0.6) is 0 Å². The second-order valence-electron chi connectivity index (χ2n) is 2.61. The van der Waals surface area contributed by atoms with E-state index in [4.69, 9.17) is 11.5 Å². The van der Waals surface area contributed by atoms with Crippen LogP contribution in [0.3, 0.4) is 0 Å². The SMILES string of the molecule is Cl.N[C@@H]1CCCC[C@@H]1N. The Labute approximate surface area is 62.4 Å². The number of nitrogens with two attached hydrogens (primary N) is 2. The van der Waals surface area contributed by atoms with Crippen molar-refractivity contribution in [2.24, 2.45) is 11.5 Å². The van der Waals surface area contributed by atoms with Gasteiger partial charge in [-0.25, -0.2) is 0 Å². The molecule has 56 valence electrons. The van der Waals surface area contributed by atoms with Crippen molar-refractivity contribution in [3.05, 3.63) is 0 Å². The molecule has 9 heavy (non-hydrogen) atoms. The van der Waals surface area contributed by atoms with Crippen molar-refractivity contribution in [2.75, 3.05) is 0 Å². The largest absolute Gasteiger partial charge is 0.326 e. The molecule has 1 fully saturated rings. The van der Waals surface area contributed by atoms with Gasteiger partial charge in [0, 0.05) is 12.1 Å². The van der Waals surface area contributed by atoms with Gasteiger partial charge in [0.2, 0.25) is 0 Å². The molecule has 1 rings (SSSR count). The van der Waals surface area contributed by atoms with Gasteiger partial charge in [0.15, 0.2) is 0 Å². The molecule has 0 spiro atoms. The van der Waals surface area contributed by atoms with Gasteiger partial charge in [-0.15, -0.1) is 12.4 Å². The summed E-state index contributed by atoms with van der Waals surface area (Å²) in [6.07, 6.45) is 4.80. The first-order valence-corrected chi connectivity index (χ1v) is 3.32. The third kappa shape index (κ3) is 2.52. The molecule has 1 aliphatic rings. The van der Waals surface area contributed by atoms with Crippen molar-refractivity contribution in [3.8, 4) is 0 Å². The Morgan fingerprint density at radius 2 is 1.22 bits per heavy atom. The topological polar surface area (TPSA) is 52.0 Å². The number of hydrogen-bond donors (Lipinski definition) is 2. The fraction of sp³-hybridized carbons (Fsp3) is 1.00. The van der Waals surface area contributed by atoms with Crippen LogP contribution in [0, 0.1) is 0 Å². The van der Waals surface area contributed by atoms with Gasteiger partial charge in [0.05, 0.1) is 0 Å². The van der Waals surface area contributed by atoms with E-state index in [-0.39, 0.29) is 24.5 Å². The van der Waals surface area contributed by atoms with E-state index in [0.29, 0.717) is 0 Å². The smallest absolute Gasteiger partial charge is 0.0192 e. The summed E-state index contributed by atoms with van der Waals surface area (Å²) < 4.78 is 0. The summed E-state index contributed by atoms with van der Waals surface area (Å²) in [5.74, 6) is 0. The maximum absolute atomic E-state index is 5.65. The highest BCUT2D eigenvalue weighted by Gasteiger charge is 2.16. The molecule has 0 aliphatic heterocycles. The van der Waals surface area contributed by atoms with Crippen molar-refractivity contribution in [2.45, 2.75) is 37.8 Å². The molecule has 0 aromatic rings. The fourth-order valence-corrected chi connectivity index (χ4v) is 1.19. The second-order valence-corrected chi connectivity index (χ2v) is 2.61. The molecular weight excluding hydrogens is 136 g/mol. The molecule has 0 heterocycles. The van der Waals surface area contributed by atoms with E-state index in [1.54, 1.807) is 0 Å². The molecular formula is C6H15ClN2. The van der Waals surface area contributed by atoms with Gasteiger partial charge in [-0.3, -0.25) is 0 Å². The van der Waals surface area contributed by atoms with Crippen LogP contribution in [0.2, 0.25) is 0 Å². The third-order valence-corrected chi connectivity index (χ3v) is 1.87. The van der Waals surface area contributed by atoms with Crippen LogP contribution in [0.1, 0.15) is 25.7 Å². The predicted octanol–water partition coefficient (Wildman–Crippen LogP) is 0.637. The monoisotopic (exact) mass is 150 g/mol. The van der Waals surface area contributed by atoms with Crippen molar-refractivity contribution < 1.29 is 0 Å². The van der Waals surface area contributed by atoms with Crippen LogP contribution >= 0.6 is 12.4 Å². The van der Waals surface area contributed by atoms with E-state index in [9.17, 15) is 0 Å². The van der Waals surface area contributed by atoms with Gasteiger partial charge in [-0.1, -0.05) is 12.8 Å². The molecule has 0 amide bonds. The van der Waals surface area contributed by atoms with Gasteiger partial charge < -0.3 is 11.5 Å². The first-order chi connectivity index (χ1) is 3.80. The maximum Gasteiger partial charge on any atom is 0.0192 e. The van der Waals surface area contributed by atoms with Crippen molar-refractivity contribution in [3.63, 3.8) is 0 Å². The average Bonchev–Trinajstić information content (AvgIpc) is 1.77. The number of rotatable bonds is 0. The lowest BCUT2D eigenvalue weighted by molar-refractivity contribution is 0.385. The molecule has 4 N–H and O–H groups in total. The van der Waals surface area contributed by atoms with E-state index >= 15 is 0 Å². The van der Waals surface area contributed by atoms with Gasteiger partial charge in [0.25, 0.3) is 0 Å². The van der Waals surface area contributed by atoms with E-state index in [1.807, 2.05) is 0 Å². The normalized spacial score (nSPS) is 35.3. The van der Waals surface area contributed by atoms with Crippen LogP contribution in [0.25, 0.3) is 0 Å². The summed E-state index contributed by atoms with van der Waals surface area (Å²) >= 11 is 0. The Morgan fingerprint density at radius 3 is 1.44 bits per heavy atom. The standard InChI is InChI=1S/C6H14N2.ClH/c7-5-3-1-2-4-6(5)8;/h5-6H,1-4,7-8H2;1H/t5-,6+;. The van der Waals surface area contributed by atoms with E-state index in [2.05, 4.69) is 0 Å². The number of halogens is 1. The maximum atomic E-state index is 5.65. The van der Waals surface area contributed by atoms with Gasteiger partial charge in [-0.2, -0.15) is 0 Å². The molecule has 0 radical (unpaired) electrons. The average molecular weight is 151 g/mol. The summed E-state index contributed by atoms with van der Waals surface area (Å²) in [5, 5.41) is 0. The summed E-state index contributed by atoms with van der Waals surface area (Å²) in [6.45, 7) is 0. The Balaban J connectivity index is 0.000000640. The molecule has 0 bridgehead atoms. The minimum Gasteiger partial charge on any atom is -0.326 e. The minimum absolute atomic E-state index is 0. The van der Waals surface area contributed by atoms with E-state index < -0.39 is 0 Å². The molecule has 0 aromatic heterocycles. The van der Waals surface area contributed by atoms with Crippen LogP contribution in [0.4, 0.5) is 0 Å². The quantitative estimate of drug-likeness (QED) is 0.533. The summed E-state index contributed by atoms with van der Waals surface area (Å²) in [5.41, 5.74) is 11.3. The second kappa shape index (κ2) is 4.09. The van der Waals surface area contributed by atoms with Crippen LogP contribution in [-0.4, -0.2) is 12.1 Å². The molecule has 1 saturated carbocycles. The highest BCUT2D eigenvalue weighted by Crippen LogP contribution is 2.14. The van der Waals surface area contributed by atoms with Gasteiger partial charge in [0.1, 0.15) is 0 Å². The summed E-state index contributed by atoms with van der Waals surface area (Å²) in [7, 11) is 0. The third-order valence-electron chi connectivity index (χ3n) is 1.87. The Bertz CT molecular complexity index is 67.5. The van der Waals surface area contributed by atoms with Crippen LogP contribution < -0.4 is 11.5 Å². The zero-order chi connectivity index (χ0) is 5.98. The molecule has 1 aliphatic carbocycles. The van der Waals surface area contributed by atoms with Crippen LogP contribution in [-0.2, 0) is 0 Å². The Morgan fingerprint density at radius 1 is 0.889 bits per heavy atom. The molecule has 0 saturated heterocycles. The van der Waals surface area contributed by atoms with Crippen molar-refractivity contribution in [1.29, 1.82) is 0 Å². The lowest BCUT2D eigenvalue weighted by Gasteiger charge is -2.24. The lowest BCUT2D eigenvalue weighted by atomic mass is 9.92. The van der Waals surface area contributed by atoms with E-state index in [1.165, 1.54) is 12.8 Å². The van der Waals surface area contributed by atoms with Crippen LogP contribution in [0.15, 0.2) is 0 Å². The molecule has 0 aromatic carbocycles. The van der Waals surface area contributed by atoms with Crippen molar-refractivity contribution >= 4 is 12.4 Å².